The van der Waals surface area contributed by atoms with Crippen molar-refractivity contribution in [1.82, 2.24) is 9.55 Å². The minimum absolute atomic E-state index is 0.264. The van der Waals surface area contributed by atoms with Crippen LogP contribution < -0.4 is 11.2 Å². The molecule has 0 aliphatic rings. The summed E-state index contributed by atoms with van der Waals surface area (Å²) in [4.78, 5) is 24.0. The smallest absolute Gasteiger partial charge is 0.335 e. The van der Waals surface area contributed by atoms with Gasteiger partial charge >= 0.3 is 5.69 Å². The van der Waals surface area contributed by atoms with Crippen molar-refractivity contribution < 1.29 is 9.50 Å². The van der Waals surface area contributed by atoms with E-state index in [1.165, 1.54) is 12.1 Å². The molecule has 0 spiro atoms. The van der Waals surface area contributed by atoms with Crippen molar-refractivity contribution in [2.75, 3.05) is 0 Å². The molecule has 2 rings (SSSR count). The van der Waals surface area contributed by atoms with E-state index >= 15 is 0 Å². The van der Waals surface area contributed by atoms with Crippen LogP contribution >= 0.6 is 0 Å². The molecule has 0 fully saturated rings. The van der Waals surface area contributed by atoms with Crippen LogP contribution in [0.4, 0.5) is 4.39 Å². The van der Waals surface area contributed by atoms with Crippen LogP contribution in [0.25, 0.3) is 5.69 Å². The molecule has 0 aliphatic carbocycles. The van der Waals surface area contributed by atoms with Crippen LogP contribution in [-0.2, 0) is 0 Å². The van der Waals surface area contributed by atoms with Crippen molar-refractivity contribution in [2.24, 2.45) is 0 Å². The zero-order chi connectivity index (χ0) is 11.7. The second-order valence-corrected chi connectivity index (χ2v) is 3.07. The number of aromatic nitrogens is 2. The molecule has 0 bridgehead atoms. The normalized spacial score (nSPS) is 10.3. The number of rotatable bonds is 1. The largest absolute Gasteiger partial charge is 0.492 e. The van der Waals surface area contributed by atoms with Gasteiger partial charge in [-0.25, -0.2) is 9.36 Å². The first-order valence-corrected chi connectivity index (χ1v) is 4.40. The summed E-state index contributed by atoms with van der Waals surface area (Å²) >= 11 is 0. The molecule has 0 radical (unpaired) electrons. The lowest BCUT2D eigenvalue weighted by Crippen LogP contribution is -2.30. The predicted octanol–water partition coefficient (Wildman–Crippen LogP) is 0.370. The standard InChI is InChI=1S/C10H7FN2O3/c11-7-8(14)12-10(16)13(9(7)15)6-4-2-1-3-5-6/h1-5,15H,(H,12,14,16). The second kappa shape index (κ2) is 3.65. The highest BCUT2D eigenvalue weighted by Crippen LogP contribution is 2.13. The maximum atomic E-state index is 13.1. The molecule has 0 saturated carbocycles. The first-order chi connectivity index (χ1) is 7.61. The summed E-state index contributed by atoms with van der Waals surface area (Å²) in [6.45, 7) is 0. The average molecular weight is 222 g/mol. The number of nitrogens with zero attached hydrogens (tertiary/aromatic N) is 1. The summed E-state index contributed by atoms with van der Waals surface area (Å²) in [5.74, 6) is -2.39. The number of aromatic hydroxyl groups is 1. The van der Waals surface area contributed by atoms with E-state index in [-0.39, 0.29) is 5.69 Å². The Hall–Kier alpha value is -2.37. The number of benzene rings is 1. The van der Waals surface area contributed by atoms with E-state index in [2.05, 4.69) is 0 Å². The van der Waals surface area contributed by atoms with Crippen molar-refractivity contribution >= 4 is 0 Å². The quantitative estimate of drug-likeness (QED) is 0.732. The van der Waals surface area contributed by atoms with E-state index < -0.39 is 22.9 Å². The van der Waals surface area contributed by atoms with Crippen LogP contribution in [0.2, 0.25) is 0 Å². The molecular formula is C10H7FN2O3. The van der Waals surface area contributed by atoms with Crippen molar-refractivity contribution in [3.8, 4) is 11.6 Å². The molecule has 1 aromatic carbocycles. The Morgan fingerprint density at radius 3 is 2.44 bits per heavy atom. The molecule has 0 unspecified atom stereocenters. The van der Waals surface area contributed by atoms with Crippen LogP contribution in [0.1, 0.15) is 0 Å². The number of hydrogen-bond acceptors (Lipinski definition) is 3. The van der Waals surface area contributed by atoms with Crippen molar-refractivity contribution in [3.63, 3.8) is 0 Å². The van der Waals surface area contributed by atoms with Gasteiger partial charge in [-0.15, -0.1) is 0 Å². The molecule has 0 atom stereocenters. The van der Waals surface area contributed by atoms with Crippen molar-refractivity contribution in [3.05, 3.63) is 57.0 Å². The first kappa shape index (κ1) is 10.2. The number of nitrogens with one attached hydrogen (secondary N) is 1. The number of para-hydroxylation sites is 1. The summed E-state index contributed by atoms with van der Waals surface area (Å²) in [6.07, 6.45) is 0. The van der Waals surface area contributed by atoms with Crippen molar-refractivity contribution in [2.45, 2.75) is 0 Å². The zero-order valence-corrected chi connectivity index (χ0v) is 7.98. The van der Waals surface area contributed by atoms with Gasteiger partial charge in [-0.1, -0.05) is 18.2 Å². The molecule has 1 aromatic heterocycles. The molecule has 2 aromatic rings. The van der Waals surface area contributed by atoms with Gasteiger partial charge in [-0.3, -0.25) is 9.78 Å². The fraction of sp³-hybridized carbons (Fsp3) is 0. The summed E-state index contributed by atoms with van der Waals surface area (Å²) in [5.41, 5.74) is -1.87. The Morgan fingerprint density at radius 2 is 1.81 bits per heavy atom. The minimum Gasteiger partial charge on any atom is -0.492 e. The second-order valence-electron chi connectivity index (χ2n) is 3.07. The number of aromatic amines is 1. The Morgan fingerprint density at radius 1 is 1.19 bits per heavy atom. The highest BCUT2D eigenvalue weighted by atomic mass is 19.1. The Balaban J connectivity index is 2.82. The van der Waals surface area contributed by atoms with Crippen LogP contribution in [0.5, 0.6) is 5.88 Å². The lowest BCUT2D eigenvalue weighted by atomic mass is 10.3. The Labute approximate surface area is 88.4 Å². The van der Waals surface area contributed by atoms with Gasteiger partial charge < -0.3 is 5.11 Å². The molecule has 5 nitrogen and oxygen atoms in total. The lowest BCUT2D eigenvalue weighted by Gasteiger charge is -2.07. The zero-order valence-electron chi connectivity index (χ0n) is 7.98. The van der Waals surface area contributed by atoms with Crippen LogP contribution in [0.15, 0.2) is 39.9 Å². The number of H-pyrrole nitrogens is 1. The third kappa shape index (κ3) is 1.50. The molecule has 6 heteroatoms. The van der Waals surface area contributed by atoms with Crippen LogP contribution in [0, 0.1) is 5.82 Å². The monoisotopic (exact) mass is 222 g/mol. The SMILES string of the molecule is O=c1[nH]c(=O)n(-c2ccccc2)c(O)c1F. The average Bonchev–Trinajstić information content (AvgIpc) is 2.28. The fourth-order valence-corrected chi connectivity index (χ4v) is 1.32. The highest BCUT2D eigenvalue weighted by molar-refractivity contribution is 5.35. The van der Waals surface area contributed by atoms with Gasteiger partial charge in [-0.05, 0) is 12.1 Å². The molecule has 0 aliphatic heterocycles. The maximum Gasteiger partial charge on any atom is 0.335 e. The molecule has 16 heavy (non-hydrogen) atoms. The molecule has 0 saturated heterocycles. The Kier molecular flexibility index (Phi) is 2.32. The van der Waals surface area contributed by atoms with Gasteiger partial charge in [-0.2, -0.15) is 4.39 Å². The van der Waals surface area contributed by atoms with Crippen molar-refractivity contribution in [1.29, 1.82) is 0 Å². The molecule has 0 amide bonds. The minimum atomic E-state index is -1.39. The first-order valence-electron chi connectivity index (χ1n) is 4.40. The van der Waals surface area contributed by atoms with E-state index in [9.17, 15) is 19.1 Å². The summed E-state index contributed by atoms with van der Waals surface area (Å²) in [6, 6.07) is 7.93. The topological polar surface area (TPSA) is 75.1 Å². The number of halogens is 1. The van der Waals surface area contributed by atoms with E-state index in [0.29, 0.717) is 4.57 Å². The summed E-state index contributed by atoms with van der Waals surface area (Å²) in [5, 5.41) is 9.38. The summed E-state index contributed by atoms with van der Waals surface area (Å²) in [7, 11) is 0. The Bertz CT molecular complexity index is 631. The van der Waals surface area contributed by atoms with Crippen LogP contribution in [-0.4, -0.2) is 14.7 Å². The van der Waals surface area contributed by atoms with E-state index in [1.807, 2.05) is 0 Å². The van der Waals surface area contributed by atoms with Gasteiger partial charge in [0.2, 0.25) is 11.7 Å². The van der Waals surface area contributed by atoms with Gasteiger partial charge in [0.15, 0.2) is 0 Å². The van der Waals surface area contributed by atoms with Gasteiger partial charge in [0.05, 0.1) is 5.69 Å². The third-order valence-corrected chi connectivity index (χ3v) is 2.05. The molecule has 82 valence electrons. The van der Waals surface area contributed by atoms with Gasteiger partial charge in [0.25, 0.3) is 5.56 Å². The van der Waals surface area contributed by atoms with Crippen LogP contribution in [0.3, 0.4) is 0 Å². The van der Waals surface area contributed by atoms with E-state index in [0.717, 1.165) is 0 Å². The van der Waals surface area contributed by atoms with E-state index in [4.69, 9.17) is 0 Å². The molecular weight excluding hydrogens is 215 g/mol. The highest BCUT2D eigenvalue weighted by Gasteiger charge is 2.14. The van der Waals surface area contributed by atoms with Gasteiger partial charge in [0, 0.05) is 0 Å². The van der Waals surface area contributed by atoms with E-state index in [1.54, 1.807) is 23.2 Å². The lowest BCUT2D eigenvalue weighted by molar-refractivity contribution is 0.386. The number of hydrogen-bond donors (Lipinski definition) is 2. The third-order valence-electron chi connectivity index (χ3n) is 2.05. The predicted molar refractivity (Wildman–Crippen MR) is 54.3 cm³/mol. The molecule has 2 N–H and O–H groups in total. The fourth-order valence-electron chi connectivity index (χ4n) is 1.32. The maximum absolute atomic E-state index is 13.1. The van der Waals surface area contributed by atoms with Gasteiger partial charge in [0.1, 0.15) is 0 Å². The molecule has 1 heterocycles. The summed E-state index contributed by atoms with van der Waals surface area (Å²) < 4.78 is 13.8.